The molecule has 0 aromatic heterocycles. The van der Waals surface area contributed by atoms with Crippen molar-refractivity contribution in [1.82, 2.24) is 5.32 Å². The molecule has 4 nitrogen and oxygen atoms in total. The quantitative estimate of drug-likeness (QED) is 0.373. The van der Waals surface area contributed by atoms with Crippen molar-refractivity contribution in [1.29, 1.82) is 0 Å². The van der Waals surface area contributed by atoms with Crippen molar-refractivity contribution < 1.29 is 4.79 Å². The first-order valence-electron chi connectivity index (χ1n) is 7.73. The van der Waals surface area contributed by atoms with Gasteiger partial charge in [-0.1, -0.05) is 29.8 Å². The Bertz CT molecular complexity index is 614. The Labute approximate surface area is 142 Å². The Kier molecular flexibility index (Phi) is 6.56. The number of hydrogen-bond acceptors (Lipinski definition) is 3. The second-order valence-corrected chi connectivity index (χ2v) is 6.00. The number of carbonyl (C=O) groups excluding carboxylic acids is 1. The van der Waals surface area contributed by atoms with Gasteiger partial charge >= 0.3 is 0 Å². The molecule has 1 amide bonds. The molecule has 0 bridgehead atoms. The molecule has 1 fully saturated rings. The zero-order valence-corrected chi connectivity index (χ0v) is 14.1. The third kappa shape index (κ3) is 5.34. The largest absolute Gasteiger partial charge is 0.322 e. The zero-order valence-electron chi connectivity index (χ0n) is 13.3. The van der Waals surface area contributed by atoms with Crippen LogP contribution in [0.25, 0.3) is 0 Å². The number of nitrogens with zero attached hydrogens (tertiary/aromatic N) is 1. The van der Waals surface area contributed by atoms with Gasteiger partial charge in [0.05, 0.1) is 0 Å². The lowest BCUT2D eigenvalue weighted by Gasteiger charge is -2.23. The van der Waals surface area contributed by atoms with E-state index in [0.717, 1.165) is 18.8 Å². The smallest absolute Gasteiger partial charge is 0.251 e. The molecule has 1 heterocycles. The Morgan fingerprint density at radius 3 is 2.74 bits per heavy atom. The number of carbonyl (C=O) groups is 1. The third-order valence-corrected chi connectivity index (χ3v) is 4.16. The number of benzene rings is 1. The fraction of sp³-hybridized carbons (Fsp3) is 0.333. The number of nitrogens with one attached hydrogen (secondary N) is 2. The molecule has 0 radical (unpaired) electrons. The van der Waals surface area contributed by atoms with E-state index >= 15 is 0 Å². The number of allylic oxidation sites excluding steroid dienone is 2. The first-order valence-corrected chi connectivity index (χ1v) is 8.11. The van der Waals surface area contributed by atoms with Gasteiger partial charge in [0.1, 0.15) is 5.16 Å². The molecular weight excluding hydrogens is 310 g/mol. The summed E-state index contributed by atoms with van der Waals surface area (Å²) in [4.78, 5) is 15.6. The van der Waals surface area contributed by atoms with Crippen molar-refractivity contribution in [2.24, 2.45) is 4.99 Å². The number of halogens is 1. The molecule has 1 saturated heterocycles. The fourth-order valence-electron chi connectivity index (χ4n) is 2.53. The summed E-state index contributed by atoms with van der Waals surface area (Å²) >= 11 is 5.72. The minimum absolute atomic E-state index is 0.165. The van der Waals surface area contributed by atoms with Crippen molar-refractivity contribution in [3.63, 3.8) is 0 Å². The number of aliphatic imine (C=N–C) groups is 1. The SMILES string of the molecule is C=N/C(Cl)=C\C=C(/C)C(=O)Nc1ccc([C@@H]2CCCNC2)cc1. The van der Waals surface area contributed by atoms with Gasteiger partial charge in [0, 0.05) is 17.8 Å². The van der Waals surface area contributed by atoms with E-state index in [2.05, 4.69) is 34.5 Å². The van der Waals surface area contributed by atoms with E-state index in [4.69, 9.17) is 11.6 Å². The van der Waals surface area contributed by atoms with Gasteiger partial charge < -0.3 is 10.6 Å². The molecule has 1 aliphatic heterocycles. The summed E-state index contributed by atoms with van der Waals surface area (Å²) in [6.45, 7) is 7.17. The van der Waals surface area contributed by atoms with Crippen LogP contribution >= 0.6 is 11.6 Å². The summed E-state index contributed by atoms with van der Waals surface area (Å²) in [7, 11) is 0. The van der Waals surface area contributed by atoms with Crippen LogP contribution in [0.2, 0.25) is 0 Å². The molecule has 5 heteroatoms. The molecule has 0 spiro atoms. The number of rotatable bonds is 5. The second-order valence-electron chi connectivity index (χ2n) is 5.62. The van der Waals surface area contributed by atoms with E-state index in [0.29, 0.717) is 11.5 Å². The normalized spacial score (nSPS) is 19.3. The van der Waals surface area contributed by atoms with E-state index in [1.54, 1.807) is 19.1 Å². The summed E-state index contributed by atoms with van der Waals surface area (Å²) in [6, 6.07) is 8.07. The molecule has 2 rings (SSSR count). The van der Waals surface area contributed by atoms with Crippen molar-refractivity contribution >= 4 is 29.9 Å². The summed E-state index contributed by atoms with van der Waals surface area (Å²) in [5, 5.41) is 6.54. The maximum absolute atomic E-state index is 12.1. The number of anilines is 1. The zero-order chi connectivity index (χ0) is 16.7. The van der Waals surface area contributed by atoms with Crippen LogP contribution in [0.5, 0.6) is 0 Å². The number of amides is 1. The molecule has 23 heavy (non-hydrogen) atoms. The molecule has 1 aromatic rings. The van der Waals surface area contributed by atoms with E-state index in [-0.39, 0.29) is 11.1 Å². The maximum atomic E-state index is 12.1. The Balaban J connectivity index is 1.97. The van der Waals surface area contributed by atoms with Crippen LogP contribution in [0, 0.1) is 0 Å². The molecule has 0 unspecified atom stereocenters. The van der Waals surface area contributed by atoms with E-state index in [1.807, 2.05) is 12.1 Å². The lowest BCUT2D eigenvalue weighted by Crippen LogP contribution is -2.28. The summed E-state index contributed by atoms with van der Waals surface area (Å²) in [5.74, 6) is 0.399. The van der Waals surface area contributed by atoms with E-state index < -0.39 is 0 Å². The molecular formula is C18H22ClN3O. The van der Waals surface area contributed by atoms with Crippen LogP contribution < -0.4 is 10.6 Å². The monoisotopic (exact) mass is 331 g/mol. The highest BCUT2D eigenvalue weighted by atomic mass is 35.5. The van der Waals surface area contributed by atoms with Crippen molar-refractivity contribution in [3.05, 3.63) is 52.7 Å². The van der Waals surface area contributed by atoms with Gasteiger partial charge in [-0.3, -0.25) is 9.79 Å². The van der Waals surface area contributed by atoms with Crippen LogP contribution in [-0.4, -0.2) is 25.7 Å². The maximum Gasteiger partial charge on any atom is 0.251 e. The fourth-order valence-corrected chi connectivity index (χ4v) is 2.59. The summed E-state index contributed by atoms with van der Waals surface area (Å²) in [6.07, 6.45) is 5.59. The van der Waals surface area contributed by atoms with Crippen LogP contribution in [0.3, 0.4) is 0 Å². The van der Waals surface area contributed by atoms with Crippen LogP contribution in [0.1, 0.15) is 31.2 Å². The lowest BCUT2D eigenvalue weighted by molar-refractivity contribution is -0.112. The molecule has 0 aliphatic carbocycles. The average Bonchev–Trinajstić information content (AvgIpc) is 2.60. The number of piperidine rings is 1. The Hall–Kier alpha value is -1.91. The van der Waals surface area contributed by atoms with Crippen molar-refractivity contribution in [3.8, 4) is 0 Å². The lowest BCUT2D eigenvalue weighted by atomic mass is 9.91. The highest BCUT2D eigenvalue weighted by Gasteiger charge is 2.14. The van der Waals surface area contributed by atoms with Gasteiger partial charge in [0.2, 0.25) is 0 Å². The van der Waals surface area contributed by atoms with Crippen LogP contribution in [0.15, 0.2) is 52.1 Å². The van der Waals surface area contributed by atoms with Gasteiger partial charge in [0.25, 0.3) is 5.91 Å². The molecule has 2 N–H and O–H groups in total. The van der Waals surface area contributed by atoms with E-state index in [9.17, 15) is 4.79 Å². The average molecular weight is 332 g/mol. The predicted molar refractivity (Wildman–Crippen MR) is 97.2 cm³/mol. The van der Waals surface area contributed by atoms with Gasteiger partial charge in [-0.05, 0) is 62.7 Å². The minimum Gasteiger partial charge on any atom is -0.322 e. The van der Waals surface area contributed by atoms with Crippen LogP contribution in [-0.2, 0) is 4.79 Å². The molecule has 122 valence electrons. The standard InChI is InChI=1S/C18H22ClN3O/c1-13(5-10-17(19)20-2)18(23)22-16-8-6-14(7-9-16)15-4-3-11-21-12-15/h5-10,15,21H,2-4,11-12H2,1H3,(H,22,23)/b13-5+,17-10-/t15-/m1/s1. The first-order chi connectivity index (χ1) is 11.1. The highest BCUT2D eigenvalue weighted by Crippen LogP contribution is 2.24. The highest BCUT2D eigenvalue weighted by molar-refractivity contribution is 6.29. The molecule has 0 saturated carbocycles. The Morgan fingerprint density at radius 2 is 2.13 bits per heavy atom. The third-order valence-electron chi connectivity index (χ3n) is 3.92. The van der Waals surface area contributed by atoms with Crippen LogP contribution in [0.4, 0.5) is 5.69 Å². The van der Waals surface area contributed by atoms with Gasteiger partial charge in [-0.2, -0.15) is 0 Å². The molecule has 1 aromatic carbocycles. The van der Waals surface area contributed by atoms with Crippen molar-refractivity contribution in [2.75, 3.05) is 18.4 Å². The summed E-state index contributed by atoms with van der Waals surface area (Å²) < 4.78 is 0. The topological polar surface area (TPSA) is 53.5 Å². The first kappa shape index (κ1) is 17.4. The van der Waals surface area contributed by atoms with Gasteiger partial charge in [-0.25, -0.2) is 0 Å². The second kappa shape index (κ2) is 8.65. The predicted octanol–water partition coefficient (Wildman–Crippen LogP) is 3.82. The minimum atomic E-state index is -0.165. The molecule has 1 aliphatic rings. The summed E-state index contributed by atoms with van der Waals surface area (Å²) in [5.41, 5.74) is 2.65. The molecule has 1 atom stereocenters. The number of hydrogen-bond donors (Lipinski definition) is 2. The van der Waals surface area contributed by atoms with Gasteiger partial charge in [0.15, 0.2) is 0 Å². The van der Waals surface area contributed by atoms with Crippen molar-refractivity contribution in [2.45, 2.75) is 25.7 Å². The van der Waals surface area contributed by atoms with E-state index in [1.165, 1.54) is 18.4 Å². The Morgan fingerprint density at radius 1 is 1.39 bits per heavy atom. The van der Waals surface area contributed by atoms with Gasteiger partial charge in [-0.15, -0.1) is 0 Å².